The van der Waals surface area contributed by atoms with Crippen molar-refractivity contribution in [1.82, 2.24) is 9.80 Å². The molecule has 0 N–H and O–H groups in total. The number of benzene rings is 3. The van der Waals surface area contributed by atoms with Crippen LogP contribution in [0.1, 0.15) is 26.5 Å². The molecule has 1 aromatic heterocycles. The predicted molar refractivity (Wildman–Crippen MR) is 117 cm³/mol. The zero-order valence-electron chi connectivity index (χ0n) is 17.1. The van der Waals surface area contributed by atoms with Crippen molar-refractivity contribution in [3.8, 4) is 0 Å². The fraction of sp³-hybridized carbons (Fsp3) is 0.200. The maximum absolute atomic E-state index is 14.0. The summed E-state index contributed by atoms with van der Waals surface area (Å²) in [7, 11) is 0. The fourth-order valence-corrected chi connectivity index (χ4v) is 4.21. The molecule has 0 saturated carbocycles. The third-order valence-corrected chi connectivity index (χ3v) is 5.98. The van der Waals surface area contributed by atoms with E-state index >= 15 is 0 Å². The first-order chi connectivity index (χ1) is 15.0. The molecule has 4 aromatic rings. The third-order valence-electron chi connectivity index (χ3n) is 5.98. The third kappa shape index (κ3) is 3.24. The highest BCUT2D eigenvalue weighted by Gasteiger charge is 2.29. The number of hydrogen-bond acceptors (Lipinski definition) is 3. The second kappa shape index (κ2) is 7.54. The Labute approximate surface area is 178 Å². The molecule has 156 valence electrons. The van der Waals surface area contributed by atoms with Crippen LogP contribution < -0.4 is 0 Å². The maximum atomic E-state index is 14.0. The van der Waals surface area contributed by atoms with Gasteiger partial charge in [0.25, 0.3) is 11.8 Å². The van der Waals surface area contributed by atoms with E-state index in [2.05, 4.69) is 0 Å². The van der Waals surface area contributed by atoms with E-state index in [0.29, 0.717) is 37.5 Å². The molecular formula is C25H21FN2O3. The highest BCUT2D eigenvalue weighted by molar-refractivity contribution is 6.09. The summed E-state index contributed by atoms with van der Waals surface area (Å²) in [5.41, 5.74) is 1.59. The van der Waals surface area contributed by atoms with Crippen LogP contribution in [-0.4, -0.2) is 47.8 Å². The Morgan fingerprint density at radius 3 is 2.19 bits per heavy atom. The van der Waals surface area contributed by atoms with Crippen LogP contribution in [0.4, 0.5) is 4.39 Å². The lowest BCUT2D eigenvalue weighted by Gasteiger charge is -2.34. The van der Waals surface area contributed by atoms with Gasteiger partial charge in [-0.2, -0.15) is 0 Å². The molecular weight excluding hydrogens is 395 g/mol. The molecule has 0 unspecified atom stereocenters. The Morgan fingerprint density at radius 2 is 1.45 bits per heavy atom. The number of aryl methyl sites for hydroxylation is 1. The Morgan fingerprint density at radius 1 is 0.806 bits per heavy atom. The monoisotopic (exact) mass is 416 g/mol. The lowest BCUT2D eigenvalue weighted by molar-refractivity contribution is 0.0516. The summed E-state index contributed by atoms with van der Waals surface area (Å²) >= 11 is 0. The van der Waals surface area contributed by atoms with Crippen molar-refractivity contribution in [2.75, 3.05) is 26.2 Å². The van der Waals surface area contributed by atoms with Gasteiger partial charge in [0, 0.05) is 42.5 Å². The van der Waals surface area contributed by atoms with E-state index in [0.717, 1.165) is 21.7 Å². The molecule has 1 aliphatic rings. The van der Waals surface area contributed by atoms with Crippen molar-refractivity contribution in [3.05, 3.63) is 83.4 Å². The average molecular weight is 416 g/mol. The Kier molecular flexibility index (Phi) is 4.70. The first kappa shape index (κ1) is 19.3. The van der Waals surface area contributed by atoms with Crippen molar-refractivity contribution in [2.45, 2.75) is 6.92 Å². The molecule has 2 heterocycles. The predicted octanol–water partition coefficient (Wildman–Crippen LogP) is 4.63. The average Bonchev–Trinajstić information content (AvgIpc) is 3.15. The van der Waals surface area contributed by atoms with Gasteiger partial charge in [-0.1, -0.05) is 48.5 Å². The number of carbonyl (C=O) groups is 2. The number of halogens is 1. The van der Waals surface area contributed by atoms with Crippen LogP contribution in [0, 0.1) is 12.7 Å². The zero-order valence-corrected chi connectivity index (χ0v) is 17.1. The largest absolute Gasteiger partial charge is 0.450 e. The summed E-state index contributed by atoms with van der Waals surface area (Å²) in [6.07, 6.45) is 0. The van der Waals surface area contributed by atoms with Gasteiger partial charge in [0.15, 0.2) is 5.76 Å². The standard InChI is InChI=1S/C25H21FN2O3/c1-16-18-11-10-17-6-2-3-7-19(17)23(18)31-22(16)25(30)28-14-12-27(13-15-28)24(29)20-8-4-5-9-21(20)26/h2-11H,12-15H2,1H3. The van der Waals surface area contributed by atoms with E-state index in [4.69, 9.17) is 4.42 Å². The SMILES string of the molecule is Cc1c(C(=O)N2CCN(C(=O)c3ccccc3F)CC2)oc2c1ccc1ccccc12. The number of amides is 2. The van der Waals surface area contributed by atoms with E-state index in [9.17, 15) is 14.0 Å². The van der Waals surface area contributed by atoms with Crippen molar-refractivity contribution >= 4 is 33.6 Å². The first-order valence-corrected chi connectivity index (χ1v) is 10.3. The van der Waals surface area contributed by atoms with Crippen LogP contribution in [0.25, 0.3) is 21.7 Å². The number of rotatable bonds is 2. The van der Waals surface area contributed by atoms with Gasteiger partial charge in [-0.15, -0.1) is 0 Å². The normalized spacial score (nSPS) is 14.4. The molecule has 5 nitrogen and oxygen atoms in total. The van der Waals surface area contributed by atoms with Crippen LogP contribution in [0.15, 0.2) is 65.1 Å². The molecule has 0 atom stereocenters. The topological polar surface area (TPSA) is 53.8 Å². The van der Waals surface area contributed by atoms with Gasteiger partial charge in [0.05, 0.1) is 5.56 Å². The molecule has 3 aromatic carbocycles. The Hall–Kier alpha value is -3.67. The number of carbonyl (C=O) groups excluding carboxylic acids is 2. The highest BCUT2D eigenvalue weighted by atomic mass is 19.1. The number of nitrogens with zero attached hydrogens (tertiary/aromatic N) is 2. The summed E-state index contributed by atoms with van der Waals surface area (Å²) < 4.78 is 20.0. The Balaban J connectivity index is 1.37. The van der Waals surface area contributed by atoms with Crippen LogP contribution >= 0.6 is 0 Å². The zero-order chi connectivity index (χ0) is 21.5. The quantitative estimate of drug-likeness (QED) is 0.479. The summed E-state index contributed by atoms with van der Waals surface area (Å²) in [4.78, 5) is 29.1. The molecule has 2 amide bonds. The van der Waals surface area contributed by atoms with Crippen LogP contribution in [0.2, 0.25) is 0 Å². The van der Waals surface area contributed by atoms with Gasteiger partial charge < -0.3 is 14.2 Å². The molecule has 31 heavy (non-hydrogen) atoms. The van der Waals surface area contributed by atoms with Crippen LogP contribution in [0.5, 0.6) is 0 Å². The molecule has 1 saturated heterocycles. The van der Waals surface area contributed by atoms with Gasteiger partial charge in [0.2, 0.25) is 0 Å². The molecule has 0 spiro atoms. The molecule has 1 fully saturated rings. The van der Waals surface area contributed by atoms with Crippen LogP contribution in [0.3, 0.4) is 0 Å². The molecule has 1 aliphatic heterocycles. The van der Waals surface area contributed by atoms with Crippen molar-refractivity contribution in [1.29, 1.82) is 0 Å². The van der Waals surface area contributed by atoms with E-state index < -0.39 is 5.82 Å². The minimum absolute atomic E-state index is 0.0577. The lowest BCUT2D eigenvalue weighted by Crippen LogP contribution is -2.50. The van der Waals surface area contributed by atoms with Gasteiger partial charge >= 0.3 is 0 Å². The van der Waals surface area contributed by atoms with E-state index in [1.165, 1.54) is 12.1 Å². The summed E-state index contributed by atoms with van der Waals surface area (Å²) in [6.45, 7) is 3.33. The Bertz CT molecular complexity index is 1320. The van der Waals surface area contributed by atoms with E-state index in [-0.39, 0.29) is 17.4 Å². The van der Waals surface area contributed by atoms with Crippen molar-refractivity contribution in [2.24, 2.45) is 0 Å². The second-order valence-electron chi connectivity index (χ2n) is 7.78. The molecule has 0 bridgehead atoms. The van der Waals surface area contributed by atoms with Crippen molar-refractivity contribution in [3.63, 3.8) is 0 Å². The van der Waals surface area contributed by atoms with Crippen molar-refractivity contribution < 1.29 is 18.4 Å². The van der Waals surface area contributed by atoms with Gasteiger partial charge in [-0.05, 0) is 24.4 Å². The maximum Gasteiger partial charge on any atom is 0.290 e. The number of hydrogen-bond donors (Lipinski definition) is 0. The lowest BCUT2D eigenvalue weighted by atomic mass is 10.1. The molecule has 5 rings (SSSR count). The molecule has 6 heteroatoms. The van der Waals surface area contributed by atoms with E-state index in [1.54, 1.807) is 21.9 Å². The van der Waals surface area contributed by atoms with Gasteiger partial charge in [0.1, 0.15) is 11.4 Å². The number of piperazine rings is 1. The summed E-state index contributed by atoms with van der Waals surface area (Å²) in [6, 6.07) is 17.9. The molecule has 0 aliphatic carbocycles. The van der Waals surface area contributed by atoms with Gasteiger partial charge in [-0.3, -0.25) is 9.59 Å². The second-order valence-corrected chi connectivity index (χ2v) is 7.78. The molecule has 0 radical (unpaired) electrons. The summed E-state index contributed by atoms with van der Waals surface area (Å²) in [5, 5.41) is 2.96. The highest BCUT2D eigenvalue weighted by Crippen LogP contribution is 2.32. The fourth-order valence-electron chi connectivity index (χ4n) is 4.21. The van der Waals surface area contributed by atoms with Crippen LogP contribution in [-0.2, 0) is 0 Å². The number of fused-ring (bicyclic) bond motifs is 3. The minimum atomic E-state index is -0.531. The smallest absolute Gasteiger partial charge is 0.290 e. The number of furan rings is 1. The van der Waals surface area contributed by atoms with E-state index in [1.807, 2.05) is 43.3 Å². The van der Waals surface area contributed by atoms with Gasteiger partial charge in [-0.25, -0.2) is 4.39 Å². The first-order valence-electron chi connectivity index (χ1n) is 10.3. The minimum Gasteiger partial charge on any atom is -0.450 e. The summed E-state index contributed by atoms with van der Waals surface area (Å²) in [5.74, 6) is -0.733.